The number of nitrogens with one attached hydrogen (secondary N) is 1. The lowest BCUT2D eigenvalue weighted by Crippen LogP contribution is -2.16. The van der Waals surface area contributed by atoms with Crippen LogP contribution in [0.5, 0.6) is 0 Å². The average molecular weight is 309 g/mol. The van der Waals surface area contributed by atoms with E-state index < -0.39 is 0 Å². The summed E-state index contributed by atoms with van der Waals surface area (Å²) < 4.78 is 0. The first-order valence-corrected chi connectivity index (χ1v) is 7.98. The van der Waals surface area contributed by atoms with Gasteiger partial charge in [-0.05, 0) is 24.6 Å². The fourth-order valence-corrected chi connectivity index (χ4v) is 3.44. The smallest absolute Gasteiger partial charge is 0.201 e. The Labute approximate surface area is 132 Å². The van der Waals surface area contributed by atoms with Crippen LogP contribution in [0.25, 0.3) is 10.9 Å². The summed E-state index contributed by atoms with van der Waals surface area (Å²) in [5, 5.41) is 1.19. The minimum absolute atomic E-state index is 0.197. The molecule has 0 aliphatic heterocycles. The molecule has 3 aromatic rings. The summed E-state index contributed by atoms with van der Waals surface area (Å²) in [6.45, 7) is 1.44. The van der Waals surface area contributed by atoms with Crippen LogP contribution in [0.3, 0.4) is 0 Å². The second kappa shape index (κ2) is 6.20. The van der Waals surface area contributed by atoms with Crippen LogP contribution in [0.15, 0.2) is 64.4 Å². The zero-order chi connectivity index (χ0) is 15.5. The van der Waals surface area contributed by atoms with Crippen LogP contribution >= 0.6 is 11.8 Å². The van der Waals surface area contributed by atoms with Gasteiger partial charge in [0.05, 0.1) is 16.1 Å². The summed E-state index contributed by atoms with van der Waals surface area (Å²) in [5.41, 5.74) is 1.96. The summed E-state index contributed by atoms with van der Waals surface area (Å²) in [5.74, 6) is 0.498. The second-order valence-corrected chi connectivity index (χ2v) is 6.02. The van der Waals surface area contributed by atoms with Crippen LogP contribution in [0.4, 0.5) is 0 Å². The van der Waals surface area contributed by atoms with Crippen molar-refractivity contribution in [3.05, 3.63) is 75.9 Å². The lowest BCUT2D eigenvalue weighted by atomic mass is 10.1. The maximum Gasteiger partial charge on any atom is 0.201 e. The molecule has 3 nitrogen and oxygen atoms in total. The molecule has 0 saturated carbocycles. The number of Topliss-reactive ketones (excluding diaryl/α,β-unsaturated/α-hetero) is 1. The number of carbonyl (C=O) groups is 1. The van der Waals surface area contributed by atoms with Crippen LogP contribution in [0.1, 0.15) is 22.8 Å². The molecule has 0 saturated heterocycles. The second-order valence-electron chi connectivity index (χ2n) is 5.03. The van der Waals surface area contributed by atoms with E-state index in [-0.39, 0.29) is 16.8 Å². The Hall–Kier alpha value is -2.33. The van der Waals surface area contributed by atoms with E-state index in [1.165, 1.54) is 18.7 Å². The third-order valence-corrected chi connectivity index (χ3v) is 4.52. The number of hydrogen-bond donors (Lipinski definition) is 1. The molecule has 0 bridgehead atoms. The molecule has 2 aromatic carbocycles. The van der Waals surface area contributed by atoms with E-state index in [1.54, 1.807) is 12.1 Å². The third kappa shape index (κ3) is 2.83. The van der Waals surface area contributed by atoms with E-state index in [4.69, 9.17) is 0 Å². The maximum atomic E-state index is 12.5. The predicted molar refractivity (Wildman–Crippen MR) is 90.6 cm³/mol. The fraction of sp³-hybridized carbons (Fsp3) is 0.111. The molecule has 1 heterocycles. The first-order valence-electron chi connectivity index (χ1n) is 6.99. The molecule has 22 heavy (non-hydrogen) atoms. The topological polar surface area (TPSA) is 49.9 Å². The number of hydrogen-bond acceptors (Lipinski definition) is 3. The highest BCUT2D eigenvalue weighted by Gasteiger charge is 2.16. The summed E-state index contributed by atoms with van der Waals surface area (Å²) >= 11 is 1.48. The zero-order valence-corrected chi connectivity index (χ0v) is 12.9. The molecule has 0 fully saturated rings. The Kier molecular flexibility index (Phi) is 4.11. The van der Waals surface area contributed by atoms with Crippen LogP contribution in [-0.2, 0) is 5.75 Å². The lowest BCUT2D eigenvalue weighted by molar-refractivity contribution is 0.101. The van der Waals surface area contributed by atoms with E-state index >= 15 is 0 Å². The van der Waals surface area contributed by atoms with E-state index in [0.29, 0.717) is 16.2 Å². The monoisotopic (exact) mass is 309 g/mol. The minimum Gasteiger partial charge on any atom is -0.349 e. The van der Waals surface area contributed by atoms with Crippen molar-refractivity contribution >= 4 is 28.4 Å². The van der Waals surface area contributed by atoms with Gasteiger partial charge in [-0.2, -0.15) is 0 Å². The van der Waals surface area contributed by atoms with Crippen molar-refractivity contribution in [2.75, 3.05) is 0 Å². The number of para-hydroxylation sites is 1. The van der Waals surface area contributed by atoms with Gasteiger partial charge in [0.2, 0.25) is 5.43 Å². The number of pyridine rings is 1. The zero-order valence-electron chi connectivity index (χ0n) is 12.1. The van der Waals surface area contributed by atoms with Crippen LogP contribution in [-0.4, -0.2) is 10.8 Å². The van der Waals surface area contributed by atoms with Gasteiger partial charge in [-0.1, -0.05) is 42.5 Å². The Morgan fingerprint density at radius 3 is 2.45 bits per heavy atom. The molecular formula is C18H15NO2S. The van der Waals surface area contributed by atoms with Crippen molar-refractivity contribution in [1.29, 1.82) is 0 Å². The van der Waals surface area contributed by atoms with Crippen LogP contribution in [0.2, 0.25) is 0 Å². The molecule has 0 amide bonds. The number of thioether (sulfide) groups is 1. The van der Waals surface area contributed by atoms with Gasteiger partial charge in [0, 0.05) is 11.1 Å². The fourth-order valence-electron chi connectivity index (χ4n) is 2.37. The summed E-state index contributed by atoms with van der Waals surface area (Å²) in [6, 6.07) is 17.2. The molecule has 0 aliphatic carbocycles. The Morgan fingerprint density at radius 2 is 1.73 bits per heavy atom. The van der Waals surface area contributed by atoms with Crippen molar-refractivity contribution in [2.24, 2.45) is 0 Å². The molecule has 1 aromatic heterocycles. The molecule has 110 valence electrons. The molecule has 0 atom stereocenters. The highest BCUT2D eigenvalue weighted by molar-refractivity contribution is 7.98. The van der Waals surface area contributed by atoms with E-state index in [1.807, 2.05) is 42.5 Å². The van der Waals surface area contributed by atoms with Gasteiger partial charge in [0.15, 0.2) is 5.78 Å². The van der Waals surface area contributed by atoms with Crippen molar-refractivity contribution in [3.63, 3.8) is 0 Å². The third-order valence-electron chi connectivity index (χ3n) is 3.45. The average Bonchev–Trinajstić information content (AvgIpc) is 2.53. The molecule has 0 aliphatic rings. The Balaban J connectivity index is 2.06. The van der Waals surface area contributed by atoms with Gasteiger partial charge in [0.25, 0.3) is 0 Å². The normalized spacial score (nSPS) is 10.8. The van der Waals surface area contributed by atoms with Gasteiger partial charge >= 0.3 is 0 Å². The number of carbonyl (C=O) groups excluding carboxylic acids is 1. The van der Waals surface area contributed by atoms with Crippen molar-refractivity contribution in [1.82, 2.24) is 4.98 Å². The number of benzene rings is 2. The van der Waals surface area contributed by atoms with Gasteiger partial charge in [-0.3, -0.25) is 9.59 Å². The highest BCUT2D eigenvalue weighted by Crippen LogP contribution is 2.25. The number of fused-ring (bicyclic) bond motifs is 1. The number of ketones is 1. The number of rotatable bonds is 4. The minimum atomic E-state index is -0.206. The quantitative estimate of drug-likeness (QED) is 0.585. The van der Waals surface area contributed by atoms with Crippen molar-refractivity contribution < 1.29 is 4.79 Å². The van der Waals surface area contributed by atoms with Gasteiger partial charge < -0.3 is 4.98 Å². The molecule has 3 rings (SSSR count). The van der Waals surface area contributed by atoms with Gasteiger partial charge in [0.1, 0.15) is 0 Å². The summed E-state index contributed by atoms with van der Waals surface area (Å²) in [6.07, 6.45) is 0. The lowest BCUT2D eigenvalue weighted by Gasteiger charge is -2.09. The maximum absolute atomic E-state index is 12.5. The first kappa shape index (κ1) is 14.6. The molecule has 0 spiro atoms. The number of H-pyrrole nitrogens is 1. The van der Waals surface area contributed by atoms with Crippen molar-refractivity contribution in [2.45, 2.75) is 17.7 Å². The Morgan fingerprint density at radius 1 is 1.05 bits per heavy atom. The van der Waals surface area contributed by atoms with Crippen LogP contribution < -0.4 is 5.43 Å². The molecule has 1 N–H and O–H groups in total. The van der Waals surface area contributed by atoms with Gasteiger partial charge in [-0.15, -0.1) is 11.8 Å². The molecule has 0 radical (unpaired) electrons. The van der Waals surface area contributed by atoms with Crippen LogP contribution in [0, 0.1) is 0 Å². The van der Waals surface area contributed by atoms with E-state index in [2.05, 4.69) is 4.98 Å². The largest absolute Gasteiger partial charge is 0.349 e. The highest BCUT2D eigenvalue weighted by atomic mass is 32.2. The predicted octanol–water partition coefficient (Wildman–Crippen LogP) is 4.02. The molecule has 4 heteroatoms. The summed E-state index contributed by atoms with van der Waals surface area (Å²) in [4.78, 5) is 27.7. The first-order chi connectivity index (χ1) is 10.7. The molecular weight excluding hydrogens is 294 g/mol. The standard InChI is InChI=1S/C18H15NO2S/c1-12(20)16-17(21)14-9-5-6-10-15(14)19-18(16)22-11-13-7-3-2-4-8-13/h2-10H,11H2,1H3,(H,19,21). The van der Waals surface area contributed by atoms with E-state index in [9.17, 15) is 9.59 Å². The SMILES string of the molecule is CC(=O)c1c(SCc2ccccc2)[nH]c2ccccc2c1=O. The van der Waals surface area contributed by atoms with Gasteiger partial charge in [-0.25, -0.2) is 0 Å². The number of aromatic amines is 1. The summed E-state index contributed by atoms with van der Waals surface area (Å²) in [7, 11) is 0. The Bertz CT molecular complexity index is 884. The van der Waals surface area contributed by atoms with Crippen molar-refractivity contribution in [3.8, 4) is 0 Å². The van der Waals surface area contributed by atoms with E-state index in [0.717, 1.165) is 11.1 Å². The molecule has 0 unspecified atom stereocenters. The number of aromatic nitrogens is 1.